The number of aliphatic imine (C=N–C) groups is 1. The third-order valence-electron chi connectivity index (χ3n) is 4.57. The van der Waals surface area contributed by atoms with Gasteiger partial charge in [-0.2, -0.15) is 0 Å². The van der Waals surface area contributed by atoms with Crippen LogP contribution in [0.3, 0.4) is 0 Å². The molecule has 3 rings (SSSR count). The average molecular weight is 450 g/mol. The van der Waals surface area contributed by atoms with Crippen LogP contribution < -0.4 is 16.0 Å². The minimum Gasteiger partial charge on any atom is -0.444 e. The van der Waals surface area contributed by atoms with E-state index in [-0.39, 0.29) is 0 Å². The van der Waals surface area contributed by atoms with Crippen molar-refractivity contribution in [3.63, 3.8) is 0 Å². The van der Waals surface area contributed by atoms with Gasteiger partial charge in [-0.25, -0.2) is 14.8 Å². The van der Waals surface area contributed by atoms with Gasteiger partial charge in [-0.15, -0.1) is 0 Å². The number of benzene rings is 1. The highest BCUT2D eigenvalue weighted by molar-refractivity contribution is 5.84. The molecule has 9 heteroatoms. The van der Waals surface area contributed by atoms with Crippen molar-refractivity contribution >= 4 is 17.7 Å². The normalized spacial score (nSPS) is 11.7. The van der Waals surface area contributed by atoms with Crippen LogP contribution in [0.1, 0.15) is 31.9 Å². The van der Waals surface area contributed by atoms with Gasteiger partial charge in [0.15, 0.2) is 5.96 Å². The molecule has 0 bridgehead atoms. The third-order valence-corrected chi connectivity index (χ3v) is 4.57. The molecule has 1 amide bonds. The zero-order valence-corrected chi connectivity index (χ0v) is 19.5. The van der Waals surface area contributed by atoms with Crippen LogP contribution in [0.25, 0.3) is 5.82 Å². The van der Waals surface area contributed by atoms with Crippen molar-refractivity contribution in [1.82, 2.24) is 25.2 Å². The van der Waals surface area contributed by atoms with Gasteiger partial charge in [-0.1, -0.05) is 12.1 Å². The number of ether oxygens (including phenoxy) is 1. The van der Waals surface area contributed by atoms with E-state index < -0.39 is 11.7 Å². The summed E-state index contributed by atoms with van der Waals surface area (Å²) in [5.41, 5.74) is 2.41. The smallest absolute Gasteiger partial charge is 0.412 e. The fraction of sp³-hybridized carbons (Fsp3) is 0.333. The summed E-state index contributed by atoms with van der Waals surface area (Å²) in [4.78, 5) is 24.6. The van der Waals surface area contributed by atoms with Crippen LogP contribution in [0.5, 0.6) is 0 Å². The van der Waals surface area contributed by atoms with E-state index in [0.29, 0.717) is 12.2 Å². The van der Waals surface area contributed by atoms with Gasteiger partial charge in [-0.05, 0) is 62.6 Å². The number of carbonyl (C=O) groups excluding carboxylic acids is 1. The Labute approximate surface area is 194 Å². The molecule has 0 fully saturated rings. The van der Waals surface area contributed by atoms with E-state index in [1.54, 1.807) is 25.8 Å². The second kappa shape index (κ2) is 11.1. The molecule has 0 aliphatic carbocycles. The average Bonchev–Trinajstić information content (AvgIpc) is 3.31. The Morgan fingerprint density at radius 1 is 1.09 bits per heavy atom. The van der Waals surface area contributed by atoms with Gasteiger partial charge in [0.1, 0.15) is 17.7 Å². The minimum absolute atomic E-state index is 0.460. The molecule has 0 saturated carbocycles. The molecule has 0 atom stereocenters. The van der Waals surface area contributed by atoms with E-state index in [2.05, 4.69) is 30.9 Å². The predicted molar refractivity (Wildman–Crippen MR) is 130 cm³/mol. The molecule has 1 aromatic carbocycles. The molecule has 9 nitrogen and oxygen atoms in total. The lowest BCUT2D eigenvalue weighted by atomic mass is 10.1. The molecule has 3 aromatic rings. The summed E-state index contributed by atoms with van der Waals surface area (Å²) in [6.45, 7) is 6.84. The largest absolute Gasteiger partial charge is 0.444 e. The maximum atomic E-state index is 11.9. The van der Waals surface area contributed by atoms with Crippen LogP contribution in [-0.2, 0) is 17.7 Å². The summed E-state index contributed by atoms with van der Waals surface area (Å²) in [6.07, 6.45) is 7.44. The van der Waals surface area contributed by atoms with E-state index in [1.807, 2.05) is 67.9 Å². The third kappa shape index (κ3) is 7.95. The lowest BCUT2D eigenvalue weighted by Gasteiger charge is -2.19. The summed E-state index contributed by atoms with van der Waals surface area (Å²) in [5, 5.41) is 9.38. The minimum atomic E-state index is -0.526. The van der Waals surface area contributed by atoms with Gasteiger partial charge in [0.2, 0.25) is 0 Å². The fourth-order valence-corrected chi connectivity index (χ4v) is 3.01. The van der Waals surface area contributed by atoms with Gasteiger partial charge in [-0.3, -0.25) is 14.9 Å². The Balaban J connectivity index is 1.43. The number of aromatic nitrogens is 3. The van der Waals surface area contributed by atoms with Gasteiger partial charge < -0.3 is 15.4 Å². The second-order valence-electron chi connectivity index (χ2n) is 8.42. The van der Waals surface area contributed by atoms with Gasteiger partial charge >= 0.3 is 6.09 Å². The summed E-state index contributed by atoms with van der Waals surface area (Å²) >= 11 is 0. The van der Waals surface area contributed by atoms with Crippen molar-refractivity contribution in [3.05, 3.63) is 72.4 Å². The molecule has 0 unspecified atom stereocenters. The van der Waals surface area contributed by atoms with E-state index in [9.17, 15) is 4.79 Å². The number of hydrogen-bond acceptors (Lipinski definition) is 5. The van der Waals surface area contributed by atoms with Crippen molar-refractivity contribution in [2.75, 3.05) is 18.9 Å². The molecule has 0 aliphatic heterocycles. The first-order valence-electron chi connectivity index (χ1n) is 10.8. The predicted octanol–water partition coefficient (Wildman–Crippen LogP) is 3.52. The number of pyridine rings is 1. The molecule has 2 aromatic heterocycles. The first kappa shape index (κ1) is 23.8. The Bertz CT molecular complexity index is 1060. The monoisotopic (exact) mass is 449 g/mol. The standard InChI is InChI=1S/C24H31N7O2/c1-24(2,3)33-23(32)30-20-7-5-18(6-8-20)9-12-28-22(25-4)29-16-19-10-11-27-21(15-19)31-14-13-26-17-31/h5-8,10-11,13-15,17H,9,12,16H2,1-4H3,(H,30,32)(H2,25,28,29). The second-order valence-corrected chi connectivity index (χ2v) is 8.42. The van der Waals surface area contributed by atoms with Crippen molar-refractivity contribution in [2.24, 2.45) is 4.99 Å². The molecule has 33 heavy (non-hydrogen) atoms. The van der Waals surface area contributed by atoms with Crippen molar-refractivity contribution in [2.45, 2.75) is 39.3 Å². The van der Waals surface area contributed by atoms with Crippen LogP contribution in [-0.4, -0.2) is 45.8 Å². The molecule has 3 N–H and O–H groups in total. The zero-order chi connectivity index (χ0) is 23.7. The van der Waals surface area contributed by atoms with Gasteiger partial charge in [0, 0.05) is 44.4 Å². The molecule has 0 saturated heterocycles. The Morgan fingerprint density at radius 2 is 1.88 bits per heavy atom. The number of rotatable bonds is 7. The number of guanidine groups is 1. The summed E-state index contributed by atoms with van der Waals surface area (Å²) < 4.78 is 7.13. The Kier molecular flexibility index (Phi) is 8.01. The first-order valence-corrected chi connectivity index (χ1v) is 10.8. The number of nitrogens with zero attached hydrogens (tertiary/aromatic N) is 4. The SMILES string of the molecule is CN=C(NCCc1ccc(NC(=O)OC(C)(C)C)cc1)NCc1ccnc(-n2ccnc2)c1. The summed E-state index contributed by atoms with van der Waals surface area (Å²) in [7, 11) is 1.75. The molecule has 2 heterocycles. The molecule has 0 radical (unpaired) electrons. The number of imidazole rings is 1. The molecule has 0 aliphatic rings. The van der Waals surface area contributed by atoms with Crippen molar-refractivity contribution in [3.8, 4) is 5.82 Å². The number of amides is 1. The maximum absolute atomic E-state index is 11.9. The van der Waals surface area contributed by atoms with E-state index >= 15 is 0 Å². The Morgan fingerprint density at radius 3 is 2.55 bits per heavy atom. The Hall–Kier alpha value is -3.88. The highest BCUT2D eigenvalue weighted by atomic mass is 16.6. The first-order chi connectivity index (χ1) is 15.8. The number of carbonyl (C=O) groups is 1. The highest BCUT2D eigenvalue weighted by Gasteiger charge is 2.16. The van der Waals surface area contributed by atoms with Crippen molar-refractivity contribution in [1.29, 1.82) is 0 Å². The van der Waals surface area contributed by atoms with E-state index in [4.69, 9.17) is 4.74 Å². The van der Waals surface area contributed by atoms with Gasteiger partial charge in [0.05, 0.1) is 0 Å². The van der Waals surface area contributed by atoms with Crippen LogP contribution in [0, 0.1) is 0 Å². The van der Waals surface area contributed by atoms with Crippen molar-refractivity contribution < 1.29 is 9.53 Å². The van der Waals surface area contributed by atoms with Gasteiger partial charge in [0.25, 0.3) is 0 Å². The molecule has 0 spiro atoms. The molecule has 174 valence electrons. The summed E-state index contributed by atoms with van der Waals surface area (Å²) in [6, 6.07) is 11.7. The maximum Gasteiger partial charge on any atom is 0.412 e. The summed E-state index contributed by atoms with van der Waals surface area (Å²) in [5.74, 6) is 1.54. The van der Waals surface area contributed by atoms with Crippen LogP contribution >= 0.6 is 0 Å². The number of hydrogen-bond donors (Lipinski definition) is 3. The van der Waals surface area contributed by atoms with E-state index in [1.165, 1.54) is 0 Å². The molecular formula is C24H31N7O2. The van der Waals surface area contributed by atoms with Crippen LogP contribution in [0.4, 0.5) is 10.5 Å². The van der Waals surface area contributed by atoms with Crippen LogP contribution in [0.15, 0.2) is 66.3 Å². The topological polar surface area (TPSA) is 105 Å². The highest BCUT2D eigenvalue weighted by Crippen LogP contribution is 2.13. The van der Waals surface area contributed by atoms with Crippen LogP contribution in [0.2, 0.25) is 0 Å². The number of anilines is 1. The quantitative estimate of drug-likeness (QED) is 0.376. The molecular weight excluding hydrogens is 418 g/mol. The number of nitrogens with one attached hydrogen (secondary N) is 3. The zero-order valence-electron chi connectivity index (χ0n) is 19.5. The fourth-order valence-electron chi connectivity index (χ4n) is 3.01. The lowest BCUT2D eigenvalue weighted by Crippen LogP contribution is -2.37. The lowest BCUT2D eigenvalue weighted by molar-refractivity contribution is 0.0636. The van der Waals surface area contributed by atoms with E-state index in [0.717, 1.165) is 35.9 Å².